The van der Waals surface area contributed by atoms with Crippen molar-refractivity contribution in [1.82, 2.24) is 4.90 Å². The van der Waals surface area contributed by atoms with Gasteiger partial charge in [-0.15, -0.1) is 0 Å². The van der Waals surface area contributed by atoms with Crippen LogP contribution in [0.15, 0.2) is 0 Å². The molecule has 1 fully saturated rings. The second-order valence-corrected chi connectivity index (χ2v) is 4.31. The highest BCUT2D eigenvalue weighted by molar-refractivity contribution is 4.82. The third kappa shape index (κ3) is 4.07. The lowest BCUT2D eigenvalue weighted by molar-refractivity contribution is -0.0160. The molecule has 1 heterocycles. The fourth-order valence-electron chi connectivity index (χ4n) is 1.96. The van der Waals surface area contributed by atoms with Gasteiger partial charge in [-0.2, -0.15) is 0 Å². The van der Waals surface area contributed by atoms with Crippen LogP contribution in [-0.2, 0) is 0 Å². The molecule has 3 nitrogen and oxygen atoms in total. The third-order valence-corrected chi connectivity index (χ3v) is 2.64. The van der Waals surface area contributed by atoms with Crippen LogP contribution in [0.5, 0.6) is 0 Å². The second-order valence-electron chi connectivity index (χ2n) is 4.31. The molecule has 1 aliphatic heterocycles. The Labute approximate surface area is 80.4 Å². The lowest BCUT2D eigenvalue weighted by Crippen LogP contribution is -2.46. The molecule has 1 atom stereocenters. The van der Waals surface area contributed by atoms with Gasteiger partial charge in [-0.25, -0.2) is 0 Å². The molecule has 1 rings (SSSR count). The Kier molecular flexibility index (Phi) is 4.16. The average Bonchev–Trinajstić information content (AvgIpc) is 2.03. The Morgan fingerprint density at radius 3 is 2.77 bits per heavy atom. The van der Waals surface area contributed by atoms with E-state index in [4.69, 9.17) is 5.11 Å². The minimum absolute atomic E-state index is 0.282. The first-order chi connectivity index (χ1) is 6.14. The van der Waals surface area contributed by atoms with Gasteiger partial charge in [-0.05, 0) is 45.7 Å². The highest BCUT2D eigenvalue weighted by Crippen LogP contribution is 2.20. The molecule has 0 spiro atoms. The van der Waals surface area contributed by atoms with Crippen LogP contribution in [0.2, 0.25) is 0 Å². The van der Waals surface area contributed by atoms with Gasteiger partial charge in [-0.3, -0.25) is 0 Å². The maximum atomic E-state index is 9.81. The summed E-state index contributed by atoms with van der Waals surface area (Å²) in [7, 11) is 0. The zero-order valence-corrected chi connectivity index (χ0v) is 8.50. The van der Waals surface area contributed by atoms with E-state index in [1.807, 2.05) is 6.92 Å². The first-order valence-corrected chi connectivity index (χ1v) is 5.20. The molecule has 3 heteroatoms. The number of aliphatic hydroxyl groups is 2. The normalized spacial score (nSPS) is 30.7. The predicted molar refractivity (Wildman–Crippen MR) is 52.6 cm³/mol. The standard InChI is InChI=1S/C10H21NO2/c1-10(13)5-4-7-11(9-10)6-2-3-8-12/h12-13H,2-9H2,1H3. The molecule has 0 bridgehead atoms. The third-order valence-electron chi connectivity index (χ3n) is 2.64. The lowest BCUT2D eigenvalue weighted by atomic mass is 9.95. The number of likely N-dealkylation sites (tertiary alicyclic amines) is 1. The van der Waals surface area contributed by atoms with E-state index in [9.17, 15) is 5.11 Å². The Hall–Kier alpha value is -0.120. The average molecular weight is 187 g/mol. The first kappa shape index (κ1) is 11.0. The van der Waals surface area contributed by atoms with Crippen LogP contribution < -0.4 is 0 Å². The topological polar surface area (TPSA) is 43.7 Å². The summed E-state index contributed by atoms with van der Waals surface area (Å²) >= 11 is 0. The molecular weight excluding hydrogens is 166 g/mol. The van der Waals surface area contributed by atoms with Gasteiger partial charge in [0.2, 0.25) is 0 Å². The minimum atomic E-state index is -0.489. The summed E-state index contributed by atoms with van der Waals surface area (Å²) in [4.78, 5) is 2.29. The number of β-amino-alcohol motifs (C(OH)–C–C–N with tert-alkyl or cyclic N) is 1. The minimum Gasteiger partial charge on any atom is -0.396 e. The number of aliphatic hydroxyl groups excluding tert-OH is 1. The molecule has 1 unspecified atom stereocenters. The number of hydrogen-bond acceptors (Lipinski definition) is 3. The summed E-state index contributed by atoms with van der Waals surface area (Å²) in [6, 6.07) is 0. The van der Waals surface area contributed by atoms with Crippen molar-refractivity contribution in [2.75, 3.05) is 26.2 Å². The van der Waals surface area contributed by atoms with Crippen molar-refractivity contribution in [1.29, 1.82) is 0 Å². The van der Waals surface area contributed by atoms with Gasteiger partial charge >= 0.3 is 0 Å². The van der Waals surface area contributed by atoms with Gasteiger partial charge in [0.25, 0.3) is 0 Å². The zero-order valence-electron chi connectivity index (χ0n) is 8.50. The first-order valence-electron chi connectivity index (χ1n) is 5.20. The maximum absolute atomic E-state index is 9.81. The summed E-state index contributed by atoms with van der Waals surface area (Å²) in [5.74, 6) is 0. The van der Waals surface area contributed by atoms with Crippen LogP contribution >= 0.6 is 0 Å². The second kappa shape index (κ2) is 4.94. The number of piperidine rings is 1. The van der Waals surface area contributed by atoms with Crippen molar-refractivity contribution in [2.24, 2.45) is 0 Å². The van der Waals surface area contributed by atoms with E-state index in [2.05, 4.69) is 4.90 Å². The Balaban J connectivity index is 2.19. The summed E-state index contributed by atoms with van der Waals surface area (Å²) in [5, 5.41) is 18.4. The van der Waals surface area contributed by atoms with Crippen molar-refractivity contribution in [3.63, 3.8) is 0 Å². The SMILES string of the molecule is CC1(O)CCCN(CCCCO)C1. The molecule has 0 aromatic rings. The molecule has 1 aliphatic rings. The molecule has 78 valence electrons. The van der Waals surface area contributed by atoms with Crippen LogP contribution in [0.4, 0.5) is 0 Å². The van der Waals surface area contributed by atoms with Gasteiger partial charge in [0.15, 0.2) is 0 Å². The van der Waals surface area contributed by atoms with Gasteiger partial charge in [0, 0.05) is 13.2 Å². The van der Waals surface area contributed by atoms with E-state index in [1.165, 1.54) is 0 Å². The molecule has 0 aromatic heterocycles. The molecule has 1 saturated heterocycles. The van der Waals surface area contributed by atoms with E-state index in [-0.39, 0.29) is 6.61 Å². The van der Waals surface area contributed by atoms with Crippen LogP contribution in [0.3, 0.4) is 0 Å². The molecule has 0 aromatic carbocycles. The number of unbranched alkanes of at least 4 members (excludes halogenated alkanes) is 1. The summed E-state index contributed by atoms with van der Waals surface area (Å²) in [5.41, 5.74) is -0.489. The predicted octanol–water partition coefficient (Wildman–Crippen LogP) is 0.606. The van der Waals surface area contributed by atoms with Gasteiger partial charge < -0.3 is 15.1 Å². The smallest absolute Gasteiger partial charge is 0.0746 e. The summed E-state index contributed by atoms with van der Waals surface area (Å²) in [6.07, 6.45) is 3.92. The fraction of sp³-hybridized carbons (Fsp3) is 1.00. The van der Waals surface area contributed by atoms with E-state index >= 15 is 0 Å². The van der Waals surface area contributed by atoms with Crippen LogP contribution in [-0.4, -0.2) is 47.0 Å². The van der Waals surface area contributed by atoms with Gasteiger partial charge in [-0.1, -0.05) is 0 Å². The Bertz CT molecular complexity index is 148. The Morgan fingerprint density at radius 2 is 2.15 bits per heavy atom. The zero-order chi connectivity index (χ0) is 9.73. The van der Waals surface area contributed by atoms with Gasteiger partial charge in [0.1, 0.15) is 0 Å². The monoisotopic (exact) mass is 187 g/mol. The molecule has 0 amide bonds. The van der Waals surface area contributed by atoms with E-state index in [0.717, 1.165) is 45.3 Å². The summed E-state index contributed by atoms with van der Waals surface area (Å²) < 4.78 is 0. The number of nitrogens with zero attached hydrogens (tertiary/aromatic N) is 1. The van der Waals surface area contributed by atoms with Crippen LogP contribution in [0.25, 0.3) is 0 Å². The van der Waals surface area contributed by atoms with E-state index in [0.29, 0.717) is 0 Å². The van der Waals surface area contributed by atoms with Gasteiger partial charge in [0.05, 0.1) is 5.60 Å². The van der Waals surface area contributed by atoms with Crippen LogP contribution in [0.1, 0.15) is 32.6 Å². The highest BCUT2D eigenvalue weighted by Gasteiger charge is 2.27. The van der Waals surface area contributed by atoms with Crippen molar-refractivity contribution in [3.8, 4) is 0 Å². The molecule has 0 radical (unpaired) electrons. The van der Waals surface area contributed by atoms with Crippen molar-refractivity contribution < 1.29 is 10.2 Å². The lowest BCUT2D eigenvalue weighted by Gasteiger charge is -2.36. The van der Waals surface area contributed by atoms with Crippen molar-refractivity contribution >= 4 is 0 Å². The molecule has 0 saturated carbocycles. The number of rotatable bonds is 4. The largest absolute Gasteiger partial charge is 0.396 e. The highest BCUT2D eigenvalue weighted by atomic mass is 16.3. The molecular formula is C10H21NO2. The van der Waals surface area contributed by atoms with Crippen molar-refractivity contribution in [2.45, 2.75) is 38.2 Å². The van der Waals surface area contributed by atoms with E-state index in [1.54, 1.807) is 0 Å². The summed E-state index contributed by atoms with van der Waals surface area (Å²) in [6.45, 7) is 5.09. The van der Waals surface area contributed by atoms with Crippen LogP contribution in [0, 0.1) is 0 Å². The molecule has 0 aliphatic carbocycles. The quantitative estimate of drug-likeness (QED) is 0.634. The maximum Gasteiger partial charge on any atom is 0.0746 e. The molecule has 13 heavy (non-hydrogen) atoms. The Morgan fingerprint density at radius 1 is 1.38 bits per heavy atom. The fourth-order valence-corrected chi connectivity index (χ4v) is 1.96. The molecule has 2 N–H and O–H groups in total. The number of hydrogen-bond donors (Lipinski definition) is 2. The van der Waals surface area contributed by atoms with E-state index < -0.39 is 5.60 Å². The van der Waals surface area contributed by atoms with Crippen molar-refractivity contribution in [3.05, 3.63) is 0 Å².